The summed E-state index contributed by atoms with van der Waals surface area (Å²) in [6.07, 6.45) is -0.772. The Balaban J connectivity index is 1.92. The maximum absolute atomic E-state index is 12.9. The van der Waals surface area contributed by atoms with Gasteiger partial charge < -0.3 is 4.74 Å². The third kappa shape index (κ3) is 4.17. The lowest BCUT2D eigenvalue weighted by atomic mass is 10.1. The van der Waals surface area contributed by atoms with Gasteiger partial charge in [0.25, 0.3) is 5.91 Å². The first-order valence-corrected chi connectivity index (χ1v) is 9.88. The predicted molar refractivity (Wildman–Crippen MR) is 98.5 cm³/mol. The molecule has 1 aliphatic heterocycles. The average molecular weight is 388 g/mol. The van der Waals surface area contributed by atoms with Gasteiger partial charge in [0.05, 0.1) is 17.5 Å². The van der Waals surface area contributed by atoms with Crippen molar-refractivity contribution in [3.8, 4) is 0 Å². The van der Waals surface area contributed by atoms with E-state index in [9.17, 15) is 18.0 Å². The second-order valence-corrected chi connectivity index (χ2v) is 8.10. The molecule has 0 aromatic heterocycles. The number of amides is 2. The molecule has 2 aromatic carbocycles. The Morgan fingerprint density at radius 2 is 1.78 bits per heavy atom. The van der Waals surface area contributed by atoms with Crippen LogP contribution in [-0.2, 0) is 19.6 Å². The Morgan fingerprint density at radius 3 is 2.37 bits per heavy atom. The van der Waals surface area contributed by atoms with E-state index in [1.54, 1.807) is 42.5 Å². The molecule has 1 heterocycles. The number of sulfonamides is 1. The fraction of sp³-hybridized carbons (Fsp3) is 0.263. The number of ether oxygens (including phenoxy) is 1. The standard InChI is InChI=1S/C19H20N2O5S/c1-13-8-9-16(10-14(13)2)27(24,25)20-17(15-6-4-3-5-7-15)11-21-18(22)12-26-19(21)23/h3-10,17,20H,11-12H2,1-2H3/t17-/m0/s1. The third-order valence-electron chi connectivity index (χ3n) is 4.49. The van der Waals surface area contributed by atoms with Crippen LogP contribution in [0, 0.1) is 13.8 Å². The van der Waals surface area contributed by atoms with E-state index in [1.165, 1.54) is 6.07 Å². The first-order chi connectivity index (χ1) is 12.8. The molecule has 0 radical (unpaired) electrons. The molecule has 2 aromatic rings. The Hall–Kier alpha value is -2.71. The Labute approximate surface area is 158 Å². The highest BCUT2D eigenvalue weighted by molar-refractivity contribution is 7.89. The van der Waals surface area contributed by atoms with Crippen LogP contribution in [0.15, 0.2) is 53.4 Å². The van der Waals surface area contributed by atoms with Crippen LogP contribution in [0.3, 0.4) is 0 Å². The number of cyclic esters (lactones) is 1. The minimum atomic E-state index is -3.86. The van der Waals surface area contributed by atoms with Crippen LogP contribution in [-0.4, -0.2) is 38.5 Å². The molecule has 7 nitrogen and oxygen atoms in total. The van der Waals surface area contributed by atoms with Gasteiger partial charge >= 0.3 is 6.09 Å². The number of aryl methyl sites for hydroxylation is 2. The topological polar surface area (TPSA) is 92.8 Å². The van der Waals surface area contributed by atoms with Gasteiger partial charge in [0.2, 0.25) is 10.0 Å². The molecule has 1 atom stereocenters. The number of carbonyl (C=O) groups excluding carboxylic acids is 2. The molecule has 1 saturated heterocycles. The number of imide groups is 1. The lowest BCUT2D eigenvalue weighted by Crippen LogP contribution is -2.40. The van der Waals surface area contributed by atoms with Gasteiger partial charge in [-0.1, -0.05) is 36.4 Å². The van der Waals surface area contributed by atoms with Gasteiger partial charge in [-0.05, 0) is 42.7 Å². The molecule has 1 N–H and O–H groups in total. The summed E-state index contributed by atoms with van der Waals surface area (Å²) in [6, 6.07) is 12.9. The average Bonchev–Trinajstić information content (AvgIpc) is 2.96. The summed E-state index contributed by atoms with van der Waals surface area (Å²) in [5.41, 5.74) is 2.48. The summed E-state index contributed by atoms with van der Waals surface area (Å²) in [7, 11) is -3.86. The van der Waals surface area contributed by atoms with E-state index in [4.69, 9.17) is 4.74 Å². The van der Waals surface area contributed by atoms with Crippen LogP contribution < -0.4 is 4.72 Å². The van der Waals surface area contributed by atoms with Crippen LogP contribution in [0.4, 0.5) is 4.79 Å². The fourth-order valence-electron chi connectivity index (χ4n) is 2.77. The van der Waals surface area contributed by atoms with Gasteiger partial charge in [-0.25, -0.2) is 22.8 Å². The molecule has 8 heteroatoms. The van der Waals surface area contributed by atoms with Crippen LogP contribution >= 0.6 is 0 Å². The molecule has 0 saturated carbocycles. The molecule has 142 valence electrons. The summed E-state index contributed by atoms with van der Waals surface area (Å²) in [5.74, 6) is -0.494. The number of nitrogens with zero attached hydrogens (tertiary/aromatic N) is 1. The molecule has 3 rings (SSSR count). The largest absolute Gasteiger partial charge is 0.439 e. The summed E-state index contributed by atoms with van der Waals surface area (Å²) in [5, 5.41) is 0. The van der Waals surface area contributed by atoms with E-state index in [-0.39, 0.29) is 18.0 Å². The number of carbonyl (C=O) groups is 2. The first kappa shape index (κ1) is 19.1. The fourth-order valence-corrected chi connectivity index (χ4v) is 4.07. The van der Waals surface area contributed by atoms with Crippen LogP contribution in [0.5, 0.6) is 0 Å². The van der Waals surface area contributed by atoms with Gasteiger partial charge in [0, 0.05) is 0 Å². The monoisotopic (exact) mass is 388 g/mol. The molecule has 2 amide bonds. The minimum absolute atomic E-state index is 0.127. The molecule has 1 aliphatic rings. The zero-order chi connectivity index (χ0) is 19.6. The molecule has 27 heavy (non-hydrogen) atoms. The second kappa shape index (κ2) is 7.50. The molecular weight excluding hydrogens is 368 g/mol. The van der Waals surface area contributed by atoms with Crippen molar-refractivity contribution in [2.75, 3.05) is 13.2 Å². The van der Waals surface area contributed by atoms with Crippen molar-refractivity contribution in [2.24, 2.45) is 0 Å². The number of hydrogen-bond acceptors (Lipinski definition) is 5. The lowest BCUT2D eigenvalue weighted by molar-refractivity contribution is -0.126. The molecular formula is C19H20N2O5S. The Kier molecular flexibility index (Phi) is 5.29. The zero-order valence-corrected chi connectivity index (χ0v) is 15.8. The number of nitrogens with one attached hydrogen (secondary N) is 1. The normalized spacial score (nSPS) is 15.7. The highest BCUT2D eigenvalue weighted by Gasteiger charge is 2.34. The van der Waals surface area contributed by atoms with E-state index in [0.29, 0.717) is 5.56 Å². The smallest absolute Gasteiger partial charge is 0.417 e. The van der Waals surface area contributed by atoms with Crippen LogP contribution in [0.25, 0.3) is 0 Å². The van der Waals surface area contributed by atoms with Crippen molar-refractivity contribution in [3.63, 3.8) is 0 Å². The lowest BCUT2D eigenvalue weighted by Gasteiger charge is -2.23. The molecule has 0 bridgehead atoms. The quantitative estimate of drug-likeness (QED) is 0.820. The Bertz CT molecular complexity index is 957. The highest BCUT2D eigenvalue weighted by atomic mass is 32.2. The maximum atomic E-state index is 12.9. The van der Waals surface area contributed by atoms with Crippen molar-refractivity contribution in [1.29, 1.82) is 0 Å². The molecule has 0 unspecified atom stereocenters. The summed E-state index contributed by atoms with van der Waals surface area (Å²) >= 11 is 0. The predicted octanol–water partition coefficient (Wildman–Crippen LogP) is 2.30. The molecule has 0 spiro atoms. The number of hydrogen-bond donors (Lipinski definition) is 1. The van der Waals surface area contributed by atoms with E-state index in [1.807, 2.05) is 13.8 Å². The molecule has 1 fully saturated rings. The van der Waals surface area contributed by atoms with Gasteiger partial charge in [0.15, 0.2) is 6.61 Å². The van der Waals surface area contributed by atoms with E-state index < -0.39 is 28.1 Å². The van der Waals surface area contributed by atoms with Gasteiger partial charge in [-0.2, -0.15) is 0 Å². The molecule has 0 aliphatic carbocycles. The van der Waals surface area contributed by atoms with E-state index >= 15 is 0 Å². The van der Waals surface area contributed by atoms with Crippen molar-refractivity contribution >= 4 is 22.0 Å². The van der Waals surface area contributed by atoms with Gasteiger partial charge in [-0.15, -0.1) is 0 Å². The number of rotatable bonds is 6. The van der Waals surface area contributed by atoms with Crippen molar-refractivity contribution < 1.29 is 22.7 Å². The summed E-state index contributed by atoms with van der Waals surface area (Å²) < 4.78 is 33.1. The zero-order valence-electron chi connectivity index (χ0n) is 15.0. The Morgan fingerprint density at radius 1 is 1.07 bits per heavy atom. The van der Waals surface area contributed by atoms with Crippen LogP contribution in [0.1, 0.15) is 22.7 Å². The van der Waals surface area contributed by atoms with E-state index in [0.717, 1.165) is 16.0 Å². The van der Waals surface area contributed by atoms with Gasteiger partial charge in [0.1, 0.15) is 0 Å². The summed E-state index contributed by atoms with van der Waals surface area (Å²) in [4.78, 5) is 24.7. The van der Waals surface area contributed by atoms with Crippen molar-refractivity contribution in [3.05, 3.63) is 65.2 Å². The second-order valence-electron chi connectivity index (χ2n) is 6.39. The van der Waals surface area contributed by atoms with Crippen molar-refractivity contribution in [2.45, 2.75) is 24.8 Å². The SMILES string of the molecule is Cc1ccc(S(=O)(=O)N[C@@H](CN2C(=O)COC2=O)c2ccccc2)cc1C. The first-order valence-electron chi connectivity index (χ1n) is 8.39. The minimum Gasteiger partial charge on any atom is -0.439 e. The van der Waals surface area contributed by atoms with Crippen LogP contribution in [0.2, 0.25) is 0 Å². The van der Waals surface area contributed by atoms with E-state index in [2.05, 4.69) is 4.72 Å². The highest BCUT2D eigenvalue weighted by Crippen LogP contribution is 2.22. The number of benzene rings is 2. The third-order valence-corrected chi connectivity index (χ3v) is 5.96. The maximum Gasteiger partial charge on any atom is 0.417 e. The van der Waals surface area contributed by atoms with Gasteiger partial charge in [-0.3, -0.25) is 4.79 Å². The van der Waals surface area contributed by atoms with Crippen molar-refractivity contribution in [1.82, 2.24) is 9.62 Å². The summed E-state index contributed by atoms with van der Waals surface area (Å²) in [6.45, 7) is 3.26.